The third kappa shape index (κ3) is 4.96. The highest BCUT2D eigenvalue weighted by atomic mass is 32.2. The first-order chi connectivity index (χ1) is 17.7. The Balaban J connectivity index is 1.86. The van der Waals surface area contributed by atoms with E-state index in [1.54, 1.807) is 22.6 Å². The molecule has 37 heavy (non-hydrogen) atoms. The fraction of sp³-hybridized carbons (Fsp3) is 0.346. The van der Waals surface area contributed by atoms with E-state index in [4.69, 9.17) is 4.74 Å². The average Bonchev–Trinajstić information content (AvgIpc) is 3.26. The fourth-order valence-corrected chi connectivity index (χ4v) is 5.37. The molecule has 0 radical (unpaired) electrons. The lowest BCUT2D eigenvalue weighted by molar-refractivity contribution is 0.341. The van der Waals surface area contributed by atoms with Crippen LogP contribution in [0.1, 0.15) is 38.7 Å². The number of ether oxygens (including phenoxy) is 1. The highest BCUT2D eigenvalue weighted by molar-refractivity contribution is 7.89. The van der Waals surface area contributed by atoms with Crippen molar-refractivity contribution >= 4 is 21.2 Å². The molecule has 11 heteroatoms. The molecule has 0 amide bonds. The minimum absolute atomic E-state index is 0.0349. The van der Waals surface area contributed by atoms with Gasteiger partial charge in [0.1, 0.15) is 11.6 Å². The first-order valence-electron chi connectivity index (χ1n) is 12.3. The number of hydrogen-bond donors (Lipinski definition) is 1. The molecule has 0 aliphatic carbocycles. The van der Waals surface area contributed by atoms with Crippen LogP contribution in [0.25, 0.3) is 16.9 Å². The molecule has 2 heterocycles. The van der Waals surface area contributed by atoms with Gasteiger partial charge in [-0.3, -0.25) is 9.80 Å². The monoisotopic (exact) mass is 524 g/mol. The van der Waals surface area contributed by atoms with E-state index in [1.165, 1.54) is 23.6 Å². The van der Waals surface area contributed by atoms with Crippen molar-refractivity contribution in [1.29, 1.82) is 0 Å². The van der Waals surface area contributed by atoms with Crippen LogP contribution < -0.4 is 15.3 Å². The Bertz CT molecular complexity index is 1560. The number of hydrogen-bond acceptors (Lipinski definition) is 7. The van der Waals surface area contributed by atoms with Crippen molar-refractivity contribution in [3.63, 3.8) is 0 Å². The molecule has 4 rings (SSSR count). The second-order valence-corrected chi connectivity index (χ2v) is 10.5. The smallest absolute Gasteiger partial charge is 0.277 e. The third-order valence-electron chi connectivity index (χ3n) is 6.15. The Labute approximate surface area is 216 Å². The number of aromatic amines is 1. The van der Waals surface area contributed by atoms with Crippen molar-refractivity contribution < 1.29 is 13.2 Å². The molecule has 0 bridgehead atoms. The van der Waals surface area contributed by atoms with Gasteiger partial charge in [0.25, 0.3) is 15.6 Å². The van der Waals surface area contributed by atoms with Crippen molar-refractivity contribution in [2.75, 3.05) is 25.7 Å². The van der Waals surface area contributed by atoms with Crippen molar-refractivity contribution in [3.8, 4) is 17.1 Å². The molecule has 0 atom stereocenters. The summed E-state index contributed by atoms with van der Waals surface area (Å²) in [6.07, 6.45) is 2.09. The molecule has 0 saturated carbocycles. The lowest BCUT2D eigenvalue weighted by Gasteiger charge is -2.29. The molecule has 0 spiro atoms. The number of imidazole rings is 1. The number of nitrogens with one attached hydrogen (secondary N) is 1. The second-order valence-electron chi connectivity index (χ2n) is 8.53. The molecule has 2 aromatic heterocycles. The topological polar surface area (TPSA) is 113 Å². The van der Waals surface area contributed by atoms with Crippen LogP contribution in [0.4, 0.5) is 5.69 Å². The highest BCUT2D eigenvalue weighted by Crippen LogP contribution is 2.32. The number of hydrazine groups is 1. The lowest BCUT2D eigenvalue weighted by atomic mass is 10.2. The summed E-state index contributed by atoms with van der Waals surface area (Å²) in [5, 5.41) is 6.23. The van der Waals surface area contributed by atoms with E-state index < -0.39 is 10.0 Å². The number of sulfonamides is 1. The van der Waals surface area contributed by atoms with Crippen molar-refractivity contribution in [3.05, 3.63) is 70.4 Å². The van der Waals surface area contributed by atoms with Gasteiger partial charge in [-0.25, -0.2) is 17.9 Å². The second kappa shape index (κ2) is 10.7. The summed E-state index contributed by atoms with van der Waals surface area (Å²) in [4.78, 5) is 20.6. The number of H-pyrrole nitrogens is 1. The average molecular weight is 525 g/mol. The number of anilines is 1. The van der Waals surface area contributed by atoms with Gasteiger partial charge < -0.3 is 9.72 Å². The first kappa shape index (κ1) is 26.4. The predicted octanol–water partition coefficient (Wildman–Crippen LogP) is 3.67. The van der Waals surface area contributed by atoms with E-state index in [9.17, 15) is 13.2 Å². The fourth-order valence-electron chi connectivity index (χ4n) is 4.14. The zero-order valence-corrected chi connectivity index (χ0v) is 22.5. The maximum atomic E-state index is 13.6. The number of aryl methyl sites for hydroxylation is 2. The largest absolute Gasteiger partial charge is 0.493 e. The predicted molar refractivity (Wildman–Crippen MR) is 143 cm³/mol. The zero-order valence-electron chi connectivity index (χ0n) is 21.7. The van der Waals surface area contributed by atoms with E-state index in [-0.39, 0.29) is 16.3 Å². The summed E-state index contributed by atoms with van der Waals surface area (Å²) in [7, 11) is -0.792. The number of rotatable bonds is 10. The van der Waals surface area contributed by atoms with Crippen LogP contribution in [0.3, 0.4) is 0 Å². The molecule has 196 valence electrons. The van der Waals surface area contributed by atoms with Crippen LogP contribution in [0.5, 0.6) is 5.75 Å². The van der Waals surface area contributed by atoms with Gasteiger partial charge in [0.2, 0.25) is 0 Å². The van der Waals surface area contributed by atoms with Gasteiger partial charge in [-0.2, -0.15) is 0 Å². The van der Waals surface area contributed by atoms with Gasteiger partial charge in [-0.1, -0.05) is 32.0 Å². The Morgan fingerprint density at radius 3 is 2.43 bits per heavy atom. The van der Waals surface area contributed by atoms with E-state index in [0.29, 0.717) is 53.5 Å². The Morgan fingerprint density at radius 2 is 1.78 bits per heavy atom. The maximum absolute atomic E-state index is 13.6. The molecule has 0 fully saturated rings. The van der Waals surface area contributed by atoms with Gasteiger partial charge >= 0.3 is 0 Å². The van der Waals surface area contributed by atoms with E-state index in [1.807, 2.05) is 51.1 Å². The molecule has 10 nitrogen and oxygen atoms in total. The highest BCUT2D eigenvalue weighted by Gasteiger charge is 2.27. The molecular formula is C26H32N6O4S. The number of nitrogens with zero attached hydrogens (tertiary/aromatic N) is 5. The molecule has 2 aromatic carbocycles. The van der Waals surface area contributed by atoms with Crippen LogP contribution in [0.2, 0.25) is 0 Å². The SMILES string of the molecule is CCCc1nc(CC)c2c(=O)[nH]c(-c3cc(S(=O)(=O)N(C)N(C)c4ccccc4)ccc3OCC)nn12. The molecule has 0 aliphatic heterocycles. The van der Waals surface area contributed by atoms with Crippen molar-refractivity contribution in [2.24, 2.45) is 0 Å². The summed E-state index contributed by atoms with van der Waals surface area (Å²) in [6, 6.07) is 13.8. The van der Waals surface area contributed by atoms with Crippen LogP contribution in [-0.2, 0) is 22.9 Å². The Kier molecular flexibility index (Phi) is 7.65. The van der Waals surface area contributed by atoms with E-state index in [2.05, 4.69) is 15.1 Å². The molecule has 0 aliphatic rings. The van der Waals surface area contributed by atoms with E-state index in [0.717, 1.165) is 6.42 Å². The number of aromatic nitrogens is 4. The summed E-state index contributed by atoms with van der Waals surface area (Å²) < 4.78 is 35.7. The zero-order chi connectivity index (χ0) is 26.7. The van der Waals surface area contributed by atoms with Crippen LogP contribution in [0.15, 0.2) is 58.2 Å². The molecule has 0 unspecified atom stereocenters. The van der Waals surface area contributed by atoms with Crippen LogP contribution >= 0.6 is 0 Å². The first-order valence-corrected chi connectivity index (χ1v) is 13.7. The summed E-state index contributed by atoms with van der Waals surface area (Å²) >= 11 is 0. The van der Waals surface area contributed by atoms with Crippen LogP contribution in [0, 0.1) is 0 Å². The number of para-hydroxylation sites is 1. The number of fused-ring (bicyclic) bond motifs is 1. The summed E-state index contributed by atoms with van der Waals surface area (Å²) in [6.45, 7) is 6.16. The van der Waals surface area contributed by atoms with Crippen molar-refractivity contribution in [2.45, 2.75) is 44.9 Å². The van der Waals surface area contributed by atoms with Gasteiger partial charge in [0, 0.05) is 20.5 Å². The van der Waals surface area contributed by atoms with Gasteiger partial charge in [0.05, 0.1) is 28.4 Å². The Morgan fingerprint density at radius 1 is 1.05 bits per heavy atom. The summed E-state index contributed by atoms with van der Waals surface area (Å²) in [5.74, 6) is 1.30. The van der Waals surface area contributed by atoms with Gasteiger partial charge in [-0.05, 0) is 50.1 Å². The molecule has 0 saturated heterocycles. The van der Waals surface area contributed by atoms with Gasteiger partial charge in [0.15, 0.2) is 11.3 Å². The Hall–Kier alpha value is -3.70. The summed E-state index contributed by atoms with van der Waals surface area (Å²) in [5.41, 5.74) is 1.82. The number of benzene rings is 2. The van der Waals surface area contributed by atoms with Gasteiger partial charge in [-0.15, -0.1) is 9.51 Å². The minimum Gasteiger partial charge on any atom is -0.493 e. The molecular weight excluding hydrogens is 492 g/mol. The van der Waals surface area contributed by atoms with Crippen molar-refractivity contribution in [1.82, 2.24) is 24.0 Å². The molecule has 1 N–H and O–H groups in total. The maximum Gasteiger partial charge on any atom is 0.277 e. The minimum atomic E-state index is -3.95. The standard InChI is InChI=1S/C26H32N6O4S/c1-6-12-23-27-21(7-2)24-26(33)28-25(29-32(23)24)20-17-19(15-16-22(20)36-8-3)37(34,35)31(5)30(4)18-13-10-9-11-14-18/h9-11,13-17H,6-8,12H2,1-5H3,(H,28,29,33). The van der Waals surface area contributed by atoms with E-state index >= 15 is 0 Å². The normalized spacial score (nSPS) is 11.8. The third-order valence-corrected chi connectivity index (χ3v) is 7.94. The van der Waals surface area contributed by atoms with Crippen LogP contribution in [-0.4, -0.2) is 53.1 Å². The quantitative estimate of drug-likeness (QED) is 0.315. The molecule has 4 aromatic rings. The lowest BCUT2D eigenvalue weighted by Crippen LogP contribution is -2.41.